The molecular weight excluding hydrogens is 450 g/mol. The molecule has 0 bridgehead atoms. The zero-order valence-electron chi connectivity index (χ0n) is 14.2. The first kappa shape index (κ1) is 21.5. The molecule has 0 aliphatic carbocycles. The van der Waals surface area contributed by atoms with Crippen LogP contribution >= 0.6 is 31.9 Å². The third kappa shape index (κ3) is 7.48. The van der Waals surface area contributed by atoms with Gasteiger partial charge in [-0.25, -0.2) is 4.79 Å². The third-order valence-electron chi connectivity index (χ3n) is 3.55. The van der Waals surface area contributed by atoms with Crippen molar-refractivity contribution in [3.63, 3.8) is 0 Å². The van der Waals surface area contributed by atoms with E-state index in [1.807, 2.05) is 31.2 Å². The number of halogens is 2. The summed E-state index contributed by atoms with van der Waals surface area (Å²) in [5.41, 5.74) is 2.44. The van der Waals surface area contributed by atoms with Crippen LogP contribution < -0.4 is 4.90 Å². The maximum Gasteiger partial charge on any atom is 0.335 e. The minimum Gasteiger partial charge on any atom is -0.508 e. The lowest BCUT2D eigenvalue weighted by Crippen LogP contribution is -2.27. The van der Waals surface area contributed by atoms with Gasteiger partial charge in [0.15, 0.2) is 0 Å². The average Bonchev–Trinajstić information content (AvgIpc) is 2.62. The molecular formula is C19H23Br2NO3. The summed E-state index contributed by atoms with van der Waals surface area (Å²) in [6, 6.07) is 14.3. The number of phenols is 1. The molecule has 4 nitrogen and oxygen atoms in total. The molecule has 0 radical (unpaired) electrons. The summed E-state index contributed by atoms with van der Waals surface area (Å²) in [4.78, 5) is 12.8. The molecule has 0 aromatic heterocycles. The Morgan fingerprint density at radius 3 is 2.00 bits per heavy atom. The van der Waals surface area contributed by atoms with Gasteiger partial charge in [0.1, 0.15) is 5.75 Å². The van der Waals surface area contributed by atoms with Crippen LogP contribution in [0.1, 0.15) is 22.8 Å². The Hall–Kier alpha value is -1.53. The highest BCUT2D eigenvalue weighted by Gasteiger charge is 2.05. The van der Waals surface area contributed by atoms with Crippen molar-refractivity contribution < 1.29 is 15.0 Å². The second-order valence-electron chi connectivity index (χ2n) is 5.20. The number of alkyl halides is 2. The summed E-state index contributed by atoms with van der Waals surface area (Å²) in [5, 5.41) is 19.7. The van der Waals surface area contributed by atoms with Crippen molar-refractivity contribution in [2.75, 3.05) is 28.6 Å². The number of aromatic hydroxyl groups is 1. The van der Waals surface area contributed by atoms with Crippen molar-refractivity contribution in [2.24, 2.45) is 0 Å². The van der Waals surface area contributed by atoms with Gasteiger partial charge in [-0.2, -0.15) is 0 Å². The molecule has 2 aromatic rings. The Kier molecular flexibility index (Phi) is 10.3. The number of carboxylic acids is 1. The molecule has 0 aliphatic rings. The van der Waals surface area contributed by atoms with Crippen LogP contribution in [0.25, 0.3) is 0 Å². The first-order valence-electron chi connectivity index (χ1n) is 8.00. The lowest BCUT2D eigenvalue weighted by Gasteiger charge is -2.22. The summed E-state index contributed by atoms with van der Waals surface area (Å²) in [6.07, 6.45) is 0.766. The highest BCUT2D eigenvalue weighted by Crippen LogP contribution is 2.18. The van der Waals surface area contributed by atoms with Crippen LogP contribution in [0.3, 0.4) is 0 Å². The zero-order valence-corrected chi connectivity index (χ0v) is 17.3. The van der Waals surface area contributed by atoms with E-state index in [0.29, 0.717) is 11.3 Å². The second-order valence-corrected chi connectivity index (χ2v) is 6.78. The number of carboxylic acid groups (broad SMARTS) is 1. The van der Waals surface area contributed by atoms with Crippen LogP contribution in [0.15, 0.2) is 48.5 Å². The van der Waals surface area contributed by atoms with E-state index in [0.717, 1.165) is 41.4 Å². The van der Waals surface area contributed by atoms with E-state index in [1.165, 1.54) is 0 Å². The fraction of sp³-hybridized carbons (Fsp3) is 0.316. The van der Waals surface area contributed by atoms with E-state index >= 15 is 0 Å². The topological polar surface area (TPSA) is 60.8 Å². The minimum atomic E-state index is -0.845. The number of nitrogens with zero attached hydrogens (tertiary/aromatic N) is 1. The standard InChI is InChI=1S/C10H13Br2NO.C9H10O2/c11-5-7-13(8-6-12)9-1-3-10(14)4-2-9;1-2-7-5-3-4-6-8(7)9(10)11/h1-4,14H,5-8H2;3-6H,2H2,1H3,(H,10,11). The van der Waals surface area contributed by atoms with Crippen LogP contribution in [0.5, 0.6) is 5.75 Å². The molecule has 0 unspecified atom stereocenters. The molecule has 0 saturated carbocycles. The van der Waals surface area contributed by atoms with Crippen molar-refractivity contribution in [3.8, 4) is 5.75 Å². The number of anilines is 1. The van der Waals surface area contributed by atoms with Crippen molar-refractivity contribution in [1.29, 1.82) is 0 Å². The van der Waals surface area contributed by atoms with Crippen molar-refractivity contribution in [2.45, 2.75) is 13.3 Å². The lowest BCUT2D eigenvalue weighted by molar-refractivity contribution is 0.0695. The summed E-state index contributed by atoms with van der Waals surface area (Å²) >= 11 is 6.85. The summed E-state index contributed by atoms with van der Waals surface area (Å²) in [5.74, 6) is -0.533. The molecule has 2 aromatic carbocycles. The van der Waals surface area contributed by atoms with Gasteiger partial charge in [-0.15, -0.1) is 0 Å². The van der Waals surface area contributed by atoms with E-state index in [1.54, 1.807) is 24.3 Å². The second kappa shape index (κ2) is 11.9. The van der Waals surface area contributed by atoms with Gasteiger partial charge in [0.25, 0.3) is 0 Å². The Balaban J connectivity index is 0.000000257. The number of benzene rings is 2. The van der Waals surface area contributed by atoms with Gasteiger partial charge in [0, 0.05) is 29.4 Å². The monoisotopic (exact) mass is 471 g/mol. The molecule has 2 N–H and O–H groups in total. The molecule has 0 amide bonds. The Morgan fingerprint density at radius 1 is 1.00 bits per heavy atom. The SMILES string of the molecule is CCc1ccccc1C(=O)O.Oc1ccc(N(CCBr)CCBr)cc1. The van der Waals surface area contributed by atoms with Crippen LogP contribution in [0.4, 0.5) is 5.69 Å². The number of carbonyl (C=O) groups is 1. The van der Waals surface area contributed by atoms with Crippen LogP contribution in [-0.2, 0) is 6.42 Å². The normalized spacial score (nSPS) is 9.88. The van der Waals surface area contributed by atoms with Gasteiger partial charge >= 0.3 is 5.97 Å². The van der Waals surface area contributed by atoms with Crippen molar-refractivity contribution in [3.05, 3.63) is 59.7 Å². The van der Waals surface area contributed by atoms with Gasteiger partial charge in [-0.3, -0.25) is 0 Å². The number of phenolic OH excluding ortho intramolecular Hbond substituents is 1. The lowest BCUT2D eigenvalue weighted by atomic mass is 10.1. The summed E-state index contributed by atoms with van der Waals surface area (Å²) < 4.78 is 0. The smallest absolute Gasteiger partial charge is 0.335 e. The fourth-order valence-electron chi connectivity index (χ4n) is 2.27. The highest BCUT2D eigenvalue weighted by atomic mass is 79.9. The van der Waals surface area contributed by atoms with E-state index in [9.17, 15) is 4.79 Å². The van der Waals surface area contributed by atoms with E-state index < -0.39 is 5.97 Å². The molecule has 25 heavy (non-hydrogen) atoms. The number of hydrogen-bond donors (Lipinski definition) is 2. The van der Waals surface area contributed by atoms with Gasteiger partial charge in [-0.05, 0) is 42.3 Å². The third-order valence-corrected chi connectivity index (χ3v) is 4.26. The van der Waals surface area contributed by atoms with Crippen molar-refractivity contribution >= 4 is 43.5 Å². The maximum atomic E-state index is 10.6. The number of aromatic carboxylic acids is 1. The predicted octanol–water partition coefficient (Wildman–Crippen LogP) is 4.94. The molecule has 0 heterocycles. The molecule has 0 aliphatic heterocycles. The first-order chi connectivity index (χ1) is 12.0. The van der Waals surface area contributed by atoms with Gasteiger partial charge < -0.3 is 15.1 Å². The number of hydrogen-bond acceptors (Lipinski definition) is 3. The fourth-order valence-corrected chi connectivity index (χ4v) is 3.13. The van der Waals surface area contributed by atoms with E-state index in [4.69, 9.17) is 10.2 Å². The molecule has 2 rings (SSSR count). The molecule has 0 saturated heterocycles. The number of rotatable bonds is 7. The summed E-state index contributed by atoms with van der Waals surface area (Å²) in [7, 11) is 0. The van der Waals surface area contributed by atoms with Gasteiger partial charge in [0.05, 0.1) is 5.56 Å². The molecule has 0 spiro atoms. The van der Waals surface area contributed by atoms with Crippen LogP contribution in [0.2, 0.25) is 0 Å². The van der Waals surface area contributed by atoms with Crippen molar-refractivity contribution in [1.82, 2.24) is 0 Å². The largest absolute Gasteiger partial charge is 0.508 e. The highest BCUT2D eigenvalue weighted by molar-refractivity contribution is 9.09. The average molecular weight is 473 g/mol. The van der Waals surface area contributed by atoms with Crippen LogP contribution in [0, 0.1) is 0 Å². The number of aryl methyl sites for hydroxylation is 1. The minimum absolute atomic E-state index is 0.311. The Labute approximate surface area is 165 Å². The van der Waals surface area contributed by atoms with Gasteiger partial charge in [-0.1, -0.05) is 57.0 Å². The summed E-state index contributed by atoms with van der Waals surface area (Å²) in [6.45, 7) is 3.88. The molecule has 136 valence electrons. The molecule has 6 heteroatoms. The van der Waals surface area contributed by atoms with Gasteiger partial charge in [0.2, 0.25) is 0 Å². The van der Waals surface area contributed by atoms with E-state index in [2.05, 4.69) is 36.8 Å². The maximum absolute atomic E-state index is 10.6. The van der Waals surface area contributed by atoms with E-state index in [-0.39, 0.29) is 0 Å². The predicted molar refractivity (Wildman–Crippen MR) is 111 cm³/mol. The quantitative estimate of drug-likeness (QED) is 0.560. The molecule has 0 fully saturated rings. The Morgan fingerprint density at radius 2 is 1.56 bits per heavy atom. The first-order valence-corrected chi connectivity index (χ1v) is 10.2. The molecule has 0 atom stereocenters. The van der Waals surface area contributed by atoms with Crippen LogP contribution in [-0.4, -0.2) is 39.9 Å². The Bertz CT molecular complexity index is 641. The zero-order chi connectivity index (χ0) is 18.7.